The predicted octanol–water partition coefficient (Wildman–Crippen LogP) is 1.97. The Morgan fingerprint density at radius 1 is 1.35 bits per heavy atom. The molecule has 1 aromatic carbocycles. The molecule has 6 heteroatoms. The van der Waals surface area contributed by atoms with Crippen molar-refractivity contribution >= 4 is 17.5 Å². The van der Waals surface area contributed by atoms with Crippen LogP contribution in [0.1, 0.15) is 18.4 Å². The second kappa shape index (κ2) is 7.15. The second-order valence-electron chi connectivity index (χ2n) is 5.87. The Morgan fingerprint density at radius 2 is 2.17 bits per heavy atom. The molecular weight excluding hydrogens is 312 g/mol. The minimum Gasteiger partial charge on any atom is -0.354 e. The van der Waals surface area contributed by atoms with E-state index in [2.05, 4.69) is 15.7 Å². The first-order valence-corrected chi connectivity index (χ1v) is 8.32. The van der Waals surface area contributed by atoms with Gasteiger partial charge < -0.3 is 10.6 Å². The first-order chi connectivity index (χ1) is 11.2. The third-order valence-corrected chi connectivity index (χ3v) is 4.62. The summed E-state index contributed by atoms with van der Waals surface area (Å²) < 4.78 is 1.81. The standard InChI is InChI=1S/C17H21ClN4O/c18-15-4-1-3-14(13-15)5-9-20-16(23)17(6-10-19-11-7-17)22-12-2-8-21-22/h1-4,8,12-13,19H,5-7,9-11H2,(H,20,23). The SMILES string of the molecule is O=C(NCCc1cccc(Cl)c1)C1(n2cccn2)CCNCC1. The summed E-state index contributed by atoms with van der Waals surface area (Å²) in [6, 6.07) is 9.60. The Morgan fingerprint density at radius 3 is 2.87 bits per heavy atom. The van der Waals surface area contributed by atoms with Gasteiger partial charge in [-0.05, 0) is 56.1 Å². The first kappa shape index (κ1) is 16.0. The maximum Gasteiger partial charge on any atom is 0.248 e. The van der Waals surface area contributed by atoms with Crippen molar-refractivity contribution in [2.75, 3.05) is 19.6 Å². The highest BCUT2D eigenvalue weighted by Gasteiger charge is 2.41. The van der Waals surface area contributed by atoms with E-state index in [-0.39, 0.29) is 5.91 Å². The van der Waals surface area contributed by atoms with E-state index >= 15 is 0 Å². The Labute approximate surface area is 141 Å². The molecule has 1 saturated heterocycles. The molecule has 5 nitrogen and oxygen atoms in total. The normalized spacial score (nSPS) is 16.9. The molecule has 1 aliphatic heterocycles. The van der Waals surface area contributed by atoms with Gasteiger partial charge in [-0.25, -0.2) is 0 Å². The molecule has 0 atom stereocenters. The first-order valence-electron chi connectivity index (χ1n) is 7.94. The van der Waals surface area contributed by atoms with Crippen molar-refractivity contribution in [2.24, 2.45) is 0 Å². The van der Waals surface area contributed by atoms with Gasteiger partial charge in [0, 0.05) is 24.0 Å². The van der Waals surface area contributed by atoms with Gasteiger partial charge >= 0.3 is 0 Å². The zero-order valence-corrected chi connectivity index (χ0v) is 13.7. The van der Waals surface area contributed by atoms with Crippen LogP contribution in [0, 0.1) is 0 Å². The highest BCUT2D eigenvalue weighted by Crippen LogP contribution is 2.27. The van der Waals surface area contributed by atoms with Crippen LogP contribution in [0.3, 0.4) is 0 Å². The summed E-state index contributed by atoms with van der Waals surface area (Å²) >= 11 is 5.99. The predicted molar refractivity (Wildman–Crippen MR) is 90.5 cm³/mol. The molecule has 0 unspecified atom stereocenters. The topological polar surface area (TPSA) is 59.0 Å². The summed E-state index contributed by atoms with van der Waals surface area (Å²) in [6.07, 6.45) is 5.86. The fourth-order valence-corrected chi connectivity index (χ4v) is 3.31. The minimum absolute atomic E-state index is 0.0460. The summed E-state index contributed by atoms with van der Waals surface area (Å²) in [7, 11) is 0. The van der Waals surface area contributed by atoms with Gasteiger partial charge in [-0.2, -0.15) is 5.10 Å². The maximum absolute atomic E-state index is 12.8. The number of benzene rings is 1. The molecular formula is C17H21ClN4O. The van der Waals surface area contributed by atoms with E-state index in [4.69, 9.17) is 11.6 Å². The molecule has 1 fully saturated rings. The third-order valence-electron chi connectivity index (χ3n) is 4.38. The number of piperidine rings is 1. The van der Waals surface area contributed by atoms with E-state index in [1.165, 1.54) is 0 Å². The van der Waals surface area contributed by atoms with Crippen molar-refractivity contribution in [3.8, 4) is 0 Å². The number of nitrogens with one attached hydrogen (secondary N) is 2. The molecule has 1 aromatic heterocycles. The molecule has 1 amide bonds. The van der Waals surface area contributed by atoms with Crippen LogP contribution in [0.15, 0.2) is 42.7 Å². The van der Waals surface area contributed by atoms with E-state index < -0.39 is 5.54 Å². The smallest absolute Gasteiger partial charge is 0.248 e. The number of hydrogen-bond donors (Lipinski definition) is 2. The Kier molecular flexibility index (Phi) is 4.98. The molecule has 0 aliphatic carbocycles. The number of aromatic nitrogens is 2. The summed E-state index contributed by atoms with van der Waals surface area (Å²) in [5.74, 6) is 0.0460. The largest absolute Gasteiger partial charge is 0.354 e. The van der Waals surface area contributed by atoms with Crippen LogP contribution < -0.4 is 10.6 Å². The zero-order valence-electron chi connectivity index (χ0n) is 13.0. The number of carbonyl (C=O) groups excluding carboxylic acids is 1. The minimum atomic E-state index is -0.580. The quantitative estimate of drug-likeness (QED) is 0.880. The third kappa shape index (κ3) is 3.57. The summed E-state index contributed by atoms with van der Waals surface area (Å²) in [5.41, 5.74) is 0.541. The Hall–Kier alpha value is -1.85. The number of carbonyl (C=O) groups is 1. The highest BCUT2D eigenvalue weighted by molar-refractivity contribution is 6.30. The van der Waals surface area contributed by atoms with Gasteiger partial charge in [0.05, 0.1) is 0 Å². The summed E-state index contributed by atoms with van der Waals surface area (Å²) in [6.45, 7) is 2.23. The lowest BCUT2D eigenvalue weighted by Crippen LogP contribution is -2.54. The molecule has 2 N–H and O–H groups in total. The monoisotopic (exact) mass is 332 g/mol. The van der Waals surface area contributed by atoms with Crippen LogP contribution in [0.2, 0.25) is 5.02 Å². The number of nitrogens with zero attached hydrogens (tertiary/aromatic N) is 2. The van der Waals surface area contributed by atoms with Crippen LogP contribution in [-0.4, -0.2) is 35.3 Å². The Bertz CT molecular complexity index is 650. The molecule has 2 aromatic rings. The average molecular weight is 333 g/mol. The van der Waals surface area contributed by atoms with Gasteiger partial charge in [-0.1, -0.05) is 23.7 Å². The molecule has 0 saturated carbocycles. The Balaban J connectivity index is 1.65. The lowest BCUT2D eigenvalue weighted by molar-refractivity contribution is -0.131. The number of rotatable bonds is 5. The van der Waals surface area contributed by atoms with Crippen LogP contribution >= 0.6 is 11.6 Å². The van der Waals surface area contributed by atoms with E-state index in [1.54, 1.807) is 6.20 Å². The van der Waals surface area contributed by atoms with Gasteiger partial charge in [0.1, 0.15) is 5.54 Å². The molecule has 0 bridgehead atoms. The van der Waals surface area contributed by atoms with E-state index in [1.807, 2.05) is 41.2 Å². The van der Waals surface area contributed by atoms with Crippen molar-refractivity contribution in [1.29, 1.82) is 0 Å². The molecule has 122 valence electrons. The molecule has 23 heavy (non-hydrogen) atoms. The molecule has 2 heterocycles. The van der Waals surface area contributed by atoms with Crippen molar-refractivity contribution in [3.63, 3.8) is 0 Å². The van der Waals surface area contributed by atoms with Crippen molar-refractivity contribution in [1.82, 2.24) is 20.4 Å². The van der Waals surface area contributed by atoms with E-state index in [0.29, 0.717) is 6.54 Å². The second-order valence-corrected chi connectivity index (χ2v) is 6.30. The molecule has 0 radical (unpaired) electrons. The van der Waals surface area contributed by atoms with Gasteiger partial charge in [0.2, 0.25) is 5.91 Å². The van der Waals surface area contributed by atoms with Crippen molar-refractivity contribution < 1.29 is 4.79 Å². The molecule has 1 aliphatic rings. The van der Waals surface area contributed by atoms with Gasteiger partial charge in [-0.3, -0.25) is 9.48 Å². The molecule has 3 rings (SSSR count). The van der Waals surface area contributed by atoms with Gasteiger partial charge in [0.15, 0.2) is 0 Å². The fraction of sp³-hybridized carbons (Fsp3) is 0.412. The van der Waals surface area contributed by atoms with E-state index in [0.717, 1.165) is 42.9 Å². The van der Waals surface area contributed by atoms with Gasteiger partial charge in [-0.15, -0.1) is 0 Å². The maximum atomic E-state index is 12.8. The van der Waals surface area contributed by atoms with Crippen LogP contribution in [0.5, 0.6) is 0 Å². The van der Waals surface area contributed by atoms with Crippen LogP contribution in [-0.2, 0) is 16.8 Å². The number of hydrogen-bond acceptors (Lipinski definition) is 3. The lowest BCUT2D eigenvalue weighted by Gasteiger charge is -2.36. The van der Waals surface area contributed by atoms with Crippen molar-refractivity contribution in [3.05, 3.63) is 53.3 Å². The number of amides is 1. The van der Waals surface area contributed by atoms with Crippen LogP contribution in [0.25, 0.3) is 0 Å². The lowest BCUT2D eigenvalue weighted by atomic mass is 9.87. The summed E-state index contributed by atoms with van der Waals surface area (Å²) in [4.78, 5) is 12.8. The number of halogens is 1. The average Bonchev–Trinajstić information content (AvgIpc) is 3.10. The van der Waals surface area contributed by atoms with E-state index in [9.17, 15) is 4.79 Å². The zero-order chi connectivity index (χ0) is 16.1. The molecule has 0 spiro atoms. The fourth-order valence-electron chi connectivity index (χ4n) is 3.10. The van der Waals surface area contributed by atoms with Crippen LogP contribution in [0.4, 0.5) is 0 Å². The summed E-state index contributed by atoms with van der Waals surface area (Å²) in [5, 5.41) is 11.4. The highest BCUT2D eigenvalue weighted by atomic mass is 35.5. The van der Waals surface area contributed by atoms with Crippen molar-refractivity contribution in [2.45, 2.75) is 24.8 Å². The van der Waals surface area contributed by atoms with Gasteiger partial charge in [0.25, 0.3) is 0 Å².